The predicted octanol–water partition coefficient (Wildman–Crippen LogP) is 3.78. The Morgan fingerprint density at radius 3 is 2.74 bits per heavy atom. The molecular formula is C26H26FN5O2. The summed E-state index contributed by atoms with van der Waals surface area (Å²) in [7, 11) is 0. The molecule has 2 saturated carbocycles. The van der Waals surface area contributed by atoms with E-state index in [1.165, 1.54) is 5.57 Å². The molecule has 3 aliphatic rings. The highest BCUT2D eigenvalue weighted by Gasteiger charge is 2.43. The number of hydrogen-bond acceptors (Lipinski definition) is 5. The number of carbonyl (C=O) groups excluding carboxylic acids is 1. The molecule has 1 aliphatic heterocycles. The van der Waals surface area contributed by atoms with E-state index < -0.39 is 12.1 Å². The lowest BCUT2D eigenvalue weighted by Gasteiger charge is -2.26. The van der Waals surface area contributed by atoms with Gasteiger partial charge in [-0.3, -0.25) is 19.5 Å². The molecule has 0 radical (unpaired) electrons. The smallest absolute Gasteiger partial charge is 0.252 e. The second-order valence-electron chi connectivity index (χ2n) is 9.60. The molecule has 0 bridgehead atoms. The third-order valence-corrected chi connectivity index (χ3v) is 6.93. The van der Waals surface area contributed by atoms with E-state index in [1.807, 2.05) is 24.4 Å². The number of pyridine rings is 3. The van der Waals surface area contributed by atoms with Crippen molar-refractivity contribution >= 4 is 28.3 Å². The molecule has 1 amide bonds. The fourth-order valence-electron chi connectivity index (χ4n) is 4.61. The van der Waals surface area contributed by atoms with Crippen LogP contribution in [0.4, 0.5) is 10.2 Å². The number of amides is 1. The number of nitrogens with one attached hydrogen (secondary N) is 2. The molecule has 34 heavy (non-hydrogen) atoms. The molecule has 6 rings (SSSR count). The van der Waals surface area contributed by atoms with Gasteiger partial charge in [0.2, 0.25) is 5.91 Å². The van der Waals surface area contributed by atoms with Crippen molar-refractivity contribution in [3.63, 3.8) is 0 Å². The molecule has 2 aliphatic carbocycles. The number of aromatic amines is 1. The van der Waals surface area contributed by atoms with Gasteiger partial charge in [-0.2, -0.15) is 0 Å². The lowest BCUT2D eigenvalue weighted by atomic mass is 10.0. The first-order valence-corrected chi connectivity index (χ1v) is 11.9. The van der Waals surface area contributed by atoms with Crippen molar-refractivity contribution in [1.82, 2.24) is 19.9 Å². The van der Waals surface area contributed by atoms with Gasteiger partial charge in [-0.05, 0) is 72.6 Å². The monoisotopic (exact) mass is 459 g/mol. The van der Waals surface area contributed by atoms with Gasteiger partial charge in [-0.15, -0.1) is 0 Å². The third kappa shape index (κ3) is 4.37. The first kappa shape index (κ1) is 21.2. The van der Waals surface area contributed by atoms with Crippen molar-refractivity contribution in [2.24, 2.45) is 5.92 Å². The number of rotatable bonds is 6. The first-order valence-electron chi connectivity index (χ1n) is 11.9. The Balaban J connectivity index is 1.09. The number of halogens is 1. The zero-order valence-electron chi connectivity index (χ0n) is 18.8. The Morgan fingerprint density at radius 1 is 1.21 bits per heavy atom. The zero-order chi connectivity index (χ0) is 23.2. The van der Waals surface area contributed by atoms with Crippen LogP contribution in [0.25, 0.3) is 16.6 Å². The van der Waals surface area contributed by atoms with E-state index in [-0.39, 0.29) is 11.5 Å². The summed E-state index contributed by atoms with van der Waals surface area (Å²) in [6.45, 7) is 2.47. The van der Waals surface area contributed by atoms with Gasteiger partial charge in [0.05, 0.1) is 17.0 Å². The van der Waals surface area contributed by atoms with Crippen molar-refractivity contribution in [3.05, 3.63) is 69.8 Å². The maximum absolute atomic E-state index is 13.0. The number of fused-ring (bicyclic) bond motifs is 1. The van der Waals surface area contributed by atoms with Crippen molar-refractivity contribution in [1.29, 1.82) is 0 Å². The fraction of sp³-hybridized carbons (Fsp3) is 0.385. The molecule has 174 valence electrons. The van der Waals surface area contributed by atoms with Crippen molar-refractivity contribution in [2.45, 2.75) is 44.3 Å². The van der Waals surface area contributed by atoms with Crippen LogP contribution < -0.4 is 10.9 Å². The predicted molar refractivity (Wildman–Crippen MR) is 128 cm³/mol. The highest BCUT2D eigenvalue weighted by atomic mass is 19.1. The van der Waals surface area contributed by atoms with Gasteiger partial charge in [-0.25, -0.2) is 9.37 Å². The largest absolute Gasteiger partial charge is 0.320 e. The molecule has 4 heterocycles. The summed E-state index contributed by atoms with van der Waals surface area (Å²) in [5.74, 6) is 0.0422. The molecule has 0 unspecified atom stereocenters. The standard InChI is InChI=1S/C26H26FN5O2/c27-21-10-20(21)26(34)31-24-4-3-18(13-29-24)16-5-7-32(8-6-16)14-15-9-23-22(28-12-15)11-19(17-1-2-17)25(33)30-23/h3-5,9,11-13,17,20-21H,1-2,6-8,10,14H2,(H,30,33)(H,29,31,34)/t20-,21+/m0/s1. The van der Waals surface area contributed by atoms with Crippen LogP contribution in [0.1, 0.15) is 48.3 Å². The second kappa shape index (κ2) is 8.43. The van der Waals surface area contributed by atoms with Gasteiger partial charge in [0.15, 0.2) is 0 Å². The average Bonchev–Trinajstić information content (AvgIpc) is 3.77. The Morgan fingerprint density at radius 2 is 2.06 bits per heavy atom. The molecule has 0 spiro atoms. The van der Waals surface area contributed by atoms with Crippen LogP contribution in [0.3, 0.4) is 0 Å². The Hall–Kier alpha value is -3.39. The van der Waals surface area contributed by atoms with Gasteiger partial charge in [0, 0.05) is 37.6 Å². The van der Waals surface area contributed by atoms with Crippen LogP contribution >= 0.6 is 0 Å². The number of aromatic nitrogens is 3. The van der Waals surface area contributed by atoms with Crippen molar-refractivity contribution in [3.8, 4) is 0 Å². The summed E-state index contributed by atoms with van der Waals surface area (Å²) in [5.41, 5.74) is 5.85. The van der Waals surface area contributed by atoms with E-state index in [0.29, 0.717) is 18.2 Å². The normalized spacial score (nSPS) is 22.4. The highest BCUT2D eigenvalue weighted by molar-refractivity contribution is 5.94. The molecular weight excluding hydrogens is 433 g/mol. The van der Waals surface area contributed by atoms with Gasteiger partial charge in [0.25, 0.3) is 5.56 Å². The first-order chi connectivity index (χ1) is 16.5. The number of nitrogens with zero attached hydrogens (tertiary/aromatic N) is 3. The zero-order valence-corrected chi connectivity index (χ0v) is 18.8. The molecule has 8 heteroatoms. The minimum absolute atomic E-state index is 0.0119. The Labute approximate surface area is 196 Å². The minimum atomic E-state index is -1.01. The molecule has 7 nitrogen and oxygen atoms in total. The number of alkyl halides is 1. The summed E-state index contributed by atoms with van der Waals surface area (Å²) in [4.78, 5) is 38.5. The number of hydrogen-bond donors (Lipinski definition) is 2. The van der Waals surface area contributed by atoms with Crippen LogP contribution in [0.2, 0.25) is 0 Å². The van der Waals surface area contributed by atoms with E-state index in [0.717, 1.165) is 66.6 Å². The summed E-state index contributed by atoms with van der Waals surface area (Å²) >= 11 is 0. The molecule has 2 fully saturated rings. The third-order valence-electron chi connectivity index (χ3n) is 6.93. The van der Waals surface area contributed by atoms with Crippen molar-refractivity contribution < 1.29 is 9.18 Å². The lowest BCUT2D eigenvalue weighted by Crippen LogP contribution is -2.28. The van der Waals surface area contributed by atoms with Gasteiger partial charge < -0.3 is 10.3 Å². The Kier molecular flexibility index (Phi) is 5.25. The molecule has 3 aromatic heterocycles. The van der Waals surface area contributed by atoms with E-state index in [2.05, 4.69) is 31.2 Å². The van der Waals surface area contributed by atoms with Crippen molar-refractivity contribution in [2.75, 3.05) is 18.4 Å². The summed E-state index contributed by atoms with van der Waals surface area (Å²) in [5, 5.41) is 2.68. The minimum Gasteiger partial charge on any atom is -0.320 e. The molecule has 0 aromatic carbocycles. The van der Waals surface area contributed by atoms with E-state index >= 15 is 0 Å². The summed E-state index contributed by atoms with van der Waals surface area (Å²) < 4.78 is 13.0. The quantitative estimate of drug-likeness (QED) is 0.586. The van der Waals surface area contributed by atoms with Crippen LogP contribution in [-0.2, 0) is 11.3 Å². The molecule has 0 saturated heterocycles. The van der Waals surface area contributed by atoms with Gasteiger partial charge >= 0.3 is 0 Å². The summed E-state index contributed by atoms with van der Waals surface area (Å²) in [6.07, 6.45) is 8.24. The number of H-pyrrole nitrogens is 1. The van der Waals surface area contributed by atoms with Gasteiger partial charge in [0.1, 0.15) is 12.0 Å². The maximum Gasteiger partial charge on any atom is 0.252 e. The SMILES string of the molecule is O=C(Nc1ccc(C2=CCN(Cc3cnc4cc(C5CC5)c(=O)[nH]c4c3)CC2)cn1)[C@H]1C[C@H]1F. The highest BCUT2D eigenvalue weighted by Crippen LogP contribution is 2.38. The van der Waals surface area contributed by atoms with Crippen LogP contribution in [0, 0.1) is 5.92 Å². The Bertz CT molecular complexity index is 1350. The van der Waals surface area contributed by atoms with Gasteiger partial charge in [-0.1, -0.05) is 6.08 Å². The number of carbonyl (C=O) groups is 1. The maximum atomic E-state index is 13.0. The second-order valence-corrected chi connectivity index (χ2v) is 9.60. The lowest BCUT2D eigenvalue weighted by molar-refractivity contribution is -0.117. The van der Waals surface area contributed by atoms with Crippen LogP contribution in [0.15, 0.2) is 47.5 Å². The van der Waals surface area contributed by atoms with E-state index in [9.17, 15) is 14.0 Å². The fourth-order valence-corrected chi connectivity index (χ4v) is 4.61. The van der Waals surface area contributed by atoms with E-state index in [4.69, 9.17) is 0 Å². The van der Waals surface area contributed by atoms with Crippen LogP contribution in [-0.4, -0.2) is 45.0 Å². The topological polar surface area (TPSA) is 91.0 Å². The molecule has 2 N–H and O–H groups in total. The number of anilines is 1. The molecule has 2 atom stereocenters. The van der Waals surface area contributed by atoms with Crippen LogP contribution in [0.5, 0.6) is 0 Å². The van der Waals surface area contributed by atoms with E-state index in [1.54, 1.807) is 12.3 Å². The molecule has 3 aromatic rings. The summed E-state index contributed by atoms with van der Waals surface area (Å²) in [6, 6.07) is 7.69. The average molecular weight is 460 g/mol.